The van der Waals surface area contributed by atoms with E-state index in [0.29, 0.717) is 17.3 Å². The molecule has 0 bridgehead atoms. The fourth-order valence-corrected chi connectivity index (χ4v) is 3.21. The molecule has 5 nitrogen and oxygen atoms in total. The molecule has 0 spiro atoms. The molecule has 0 unspecified atom stereocenters. The number of rotatable bonds is 5. The normalized spacial score (nSPS) is 10.5. The number of thiazole rings is 1. The van der Waals surface area contributed by atoms with Crippen LogP contribution < -0.4 is 5.32 Å². The second-order valence-corrected chi connectivity index (χ2v) is 6.05. The summed E-state index contributed by atoms with van der Waals surface area (Å²) in [5.41, 5.74) is 2.51. The third kappa shape index (κ3) is 3.67. The van der Waals surface area contributed by atoms with Gasteiger partial charge in [-0.05, 0) is 12.1 Å². The van der Waals surface area contributed by atoms with Gasteiger partial charge in [0.2, 0.25) is 0 Å². The third-order valence-electron chi connectivity index (χ3n) is 3.19. The summed E-state index contributed by atoms with van der Waals surface area (Å²) in [6.07, 6.45) is 0. The van der Waals surface area contributed by atoms with Crippen LogP contribution in [0.25, 0.3) is 10.6 Å². The number of nitrogens with zero attached hydrogens (tertiary/aromatic N) is 2. The molecule has 3 rings (SSSR count). The number of halogens is 1. The van der Waals surface area contributed by atoms with Crippen molar-refractivity contribution in [2.45, 2.75) is 6.54 Å². The molecule has 1 N–H and O–H groups in total. The molecule has 0 atom stereocenters. The van der Waals surface area contributed by atoms with E-state index in [4.69, 9.17) is 11.6 Å². The van der Waals surface area contributed by atoms with Crippen LogP contribution in [0.4, 0.5) is 11.4 Å². The monoisotopic (exact) mass is 345 g/mol. The Hall–Kier alpha value is -2.44. The maximum Gasteiger partial charge on any atom is 0.271 e. The average molecular weight is 346 g/mol. The highest BCUT2D eigenvalue weighted by molar-refractivity contribution is 7.13. The summed E-state index contributed by atoms with van der Waals surface area (Å²) in [5, 5.41) is 17.4. The van der Waals surface area contributed by atoms with Crippen LogP contribution in [0.3, 0.4) is 0 Å². The molecule has 0 saturated carbocycles. The average Bonchev–Trinajstić information content (AvgIpc) is 3.02. The second kappa shape index (κ2) is 6.76. The van der Waals surface area contributed by atoms with Crippen molar-refractivity contribution < 1.29 is 4.92 Å². The molecule has 0 aliphatic rings. The number of hydrogen-bond acceptors (Lipinski definition) is 5. The molecule has 1 heterocycles. The van der Waals surface area contributed by atoms with Gasteiger partial charge in [0.05, 0.1) is 22.2 Å². The summed E-state index contributed by atoms with van der Waals surface area (Å²) in [7, 11) is 0. The smallest absolute Gasteiger partial charge is 0.271 e. The molecule has 23 heavy (non-hydrogen) atoms. The Bertz CT molecular complexity index is 851. The van der Waals surface area contributed by atoms with Crippen LogP contribution in [0.5, 0.6) is 0 Å². The van der Waals surface area contributed by atoms with Crippen molar-refractivity contribution in [3.63, 3.8) is 0 Å². The van der Waals surface area contributed by atoms with Crippen LogP contribution >= 0.6 is 22.9 Å². The van der Waals surface area contributed by atoms with Gasteiger partial charge in [-0.2, -0.15) is 0 Å². The summed E-state index contributed by atoms with van der Waals surface area (Å²) < 4.78 is 0. The zero-order valence-electron chi connectivity index (χ0n) is 11.9. The van der Waals surface area contributed by atoms with Gasteiger partial charge in [-0.3, -0.25) is 10.1 Å². The number of hydrogen-bond donors (Lipinski definition) is 1. The van der Waals surface area contributed by atoms with E-state index >= 15 is 0 Å². The van der Waals surface area contributed by atoms with Crippen LogP contribution in [-0.4, -0.2) is 9.91 Å². The van der Waals surface area contributed by atoms with Gasteiger partial charge in [-0.1, -0.05) is 35.9 Å². The van der Waals surface area contributed by atoms with E-state index in [-0.39, 0.29) is 5.69 Å². The number of anilines is 1. The quantitative estimate of drug-likeness (QED) is 0.522. The maximum absolute atomic E-state index is 10.8. The lowest BCUT2D eigenvalue weighted by Crippen LogP contribution is -2.00. The standard InChI is InChI=1S/C16H12ClN3O2S/c17-15-7-2-1-6-14(15)16-19-12(10-23-16)9-18-11-4-3-5-13(8-11)20(21)22/h1-8,10,18H,9H2. The summed E-state index contributed by atoms with van der Waals surface area (Å²) in [6.45, 7) is 0.488. The first-order chi connectivity index (χ1) is 11.1. The molecular weight excluding hydrogens is 334 g/mol. The minimum atomic E-state index is -0.413. The number of benzene rings is 2. The van der Waals surface area contributed by atoms with Crippen LogP contribution in [0.1, 0.15) is 5.69 Å². The lowest BCUT2D eigenvalue weighted by atomic mass is 10.2. The fraction of sp³-hybridized carbons (Fsp3) is 0.0625. The molecule has 0 saturated heterocycles. The van der Waals surface area contributed by atoms with Crippen molar-refractivity contribution in [1.82, 2.24) is 4.98 Å². The molecule has 0 fully saturated rings. The number of aromatic nitrogens is 1. The number of non-ortho nitro benzene ring substituents is 1. The predicted octanol–water partition coefficient (Wildman–Crippen LogP) is 4.98. The molecule has 7 heteroatoms. The molecule has 1 aromatic heterocycles. The zero-order valence-corrected chi connectivity index (χ0v) is 13.5. The van der Waals surface area contributed by atoms with Gasteiger partial charge in [0.15, 0.2) is 0 Å². The first kappa shape index (κ1) is 15.5. The van der Waals surface area contributed by atoms with Crippen molar-refractivity contribution in [3.05, 3.63) is 74.7 Å². The van der Waals surface area contributed by atoms with Crippen LogP contribution in [-0.2, 0) is 6.54 Å². The van der Waals surface area contributed by atoms with E-state index in [2.05, 4.69) is 10.3 Å². The minimum Gasteiger partial charge on any atom is -0.379 e. The first-order valence-corrected chi connectivity index (χ1v) is 8.07. The number of nitro groups is 1. The Morgan fingerprint density at radius 1 is 1.22 bits per heavy atom. The summed E-state index contributed by atoms with van der Waals surface area (Å²) in [4.78, 5) is 14.9. The van der Waals surface area contributed by atoms with E-state index in [0.717, 1.165) is 16.3 Å². The topological polar surface area (TPSA) is 68.1 Å². The highest BCUT2D eigenvalue weighted by Gasteiger charge is 2.09. The van der Waals surface area contributed by atoms with Crippen LogP contribution in [0, 0.1) is 10.1 Å². The molecule has 116 valence electrons. The predicted molar refractivity (Wildman–Crippen MR) is 93.0 cm³/mol. The Morgan fingerprint density at radius 3 is 2.83 bits per heavy atom. The lowest BCUT2D eigenvalue weighted by Gasteiger charge is -2.04. The maximum atomic E-state index is 10.8. The number of nitro benzene ring substituents is 1. The molecule has 3 aromatic rings. The highest BCUT2D eigenvalue weighted by atomic mass is 35.5. The van der Waals surface area contributed by atoms with Crippen molar-refractivity contribution in [2.75, 3.05) is 5.32 Å². The minimum absolute atomic E-state index is 0.0602. The molecule has 0 aliphatic carbocycles. The van der Waals surface area contributed by atoms with Crippen LogP contribution in [0.2, 0.25) is 5.02 Å². The van der Waals surface area contributed by atoms with Crippen molar-refractivity contribution in [1.29, 1.82) is 0 Å². The van der Waals surface area contributed by atoms with Gasteiger partial charge in [-0.15, -0.1) is 11.3 Å². The summed E-state index contributed by atoms with van der Waals surface area (Å²) >= 11 is 7.69. The first-order valence-electron chi connectivity index (χ1n) is 6.81. The van der Waals surface area contributed by atoms with E-state index < -0.39 is 4.92 Å². The second-order valence-electron chi connectivity index (χ2n) is 4.78. The molecule has 2 aromatic carbocycles. The third-order valence-corrected chi connectivity index (χ3v) is 4.44. The fourth-order valence-electron chi connectivity index (χ4n) is 2.07. The Kier molecular flexibility index (Phi) is 4.55. The van der Waals surface area contributed by atoms with Crippen molar-refractivity contribution in [3.8, 4) is 10.6 Å². The van der Waals surface area contributed by atoms with E-state index in [9.17, 15) is 10.1 Å². The van der Waals surface area contributed by atoms with Gasteiger partial charge >= 0.3 is 0 Å². The SMILES string of the molecule is O=[N+]([O-])c1cccc(NCc2csc(-c3ccccc3Cl)n2)c1. The molecule has 0 radical (unpaired) electrons. The Morgan fingerprint density at radius 2 is 2.04 bits per heavy atom. The van der Waals surface area contributed by atoms with Crippen molar-refractivity contribution in [2.24, 2.45) is 0 Å². The van der Waals surface area contributed by atoms with Gasteiger partial charge < -0.3 is 5.32 Å². The Balaban J connectivity index is 1.72. The van der Waals surface area contributed by atoms with Gasteiger partial charge in [-0.25, -0.2) is 4.98 Å². The van der Waals surface area contributed by atoms with E-state index in [1.54, 1.807) is 12.1 Å². The van der Waals surface area contributed by atoms with Gasteiger partial charge in [0.1, 0.15) is 5.01 Å². The van der Waals surface area contributed by atoms with Crippen molar-refractivity contribution >= 4 is 34.3 Å². The van der Waals surface area contributed by atoms with Gasteiger partial charge in [0, 0.05) is 28.8 Å². The van der Waals surface area contributed by atoms with Gasteiger partial charge in [0.25, 0.3) is 5.69 Å². The van der Waals surface area contributed by atoms with Crippen LogP contribution in [0.15, 0.2) is 53.9 Å². The van der Waals surface area contributed by atoms with E-state index in [1.807, 2.05) is 29.6 Å². The zero-order chi connectivity index (χ0) is 16.2. The summed E-state index contributed by atoms with van der Waals surface area (Å²) in [5.74, 6) is 0. The highest BCUT2D eigenvalue weighted by Crippen LogP contribution is 2.30. The summed E-state index contributed by atoms with van der Waals surface area (Å²) in [6, 6.07) is 14.0. The number of nitrogens with one attached hydrogen (secondary N) is 1. The molecule has 0 amide bonds. The van der Waals surface area contributed by atoms with E-state index in [1.165, 1.54) is 23.5 Å². The molecular formula is C16H12ClN3O2S. The largest absolute Gasteiger partial charge is 0.379 e. The lowest BCUT2D eigenvalue weighted by molar-refractivity contribution is -0.384. The molecule has 0 aliphatic heterocycles. The Labute approximate surface area is 141 Å².